The van der Waals surface area contributed by atoms with Crippen LogP contribution in [0.1, 0.15) is 11.1 Å². The summed E-state index contributed by atoms with van der Waals surface area (Å²) in [5, 5.41) is 6.41. The second-order valence-corrected chi connectivity index (χ2v) is 5.81. The molecule has 9 heteroatoms. The Hall–Kier alpha value is -2.30. The molecule has 6 nitrogen and oxygen atoms in total. The van der Waals surface area contributed by atoms with Gasteiger partial charge in [-0.2, -0.15) is 8.78 Å². The number of benzene rings is 2. The van der Waals surface area contributed by atoms with Crippen LogP contribution in [0.5, 0.6) is 17.2 Å². The molecule has 2 rings (SSSR count). The number of hydrogen-bond donors (Lipinski definition) is 2. The Morgan fingerprint density at radius 3 is 2.24 bits per heavy atom. The van der Waals surface area contributed by atoms with Crippen molar-refractivity contribution in [3.8, 4) is 17.2 Å². The number of hydrogen-bond acceptors (Lipinski definition) is 4. The molecule has 0 aromatic heterocycles. The molecule has 0 bridgehead atoms. The number of halogens is 3. The van der Waals surface area contributed by atoms with Gasteiger partial charge in [0.1, 0.15) is 5.75 Å². The highest BCUT2D eigenvalue weighted by molar-refractivity contribution is 14.0. The van der Waals surface area contributed by atoms with Crippen molar-refractivity contribution >= 4 is 29.9 Å². The number of nitrogens with one attached hydrogen (secondary N) is 2. The molecule has 0 radical (unpaired) electrons. The second kappa shape index (κ2) is 13.0. The van der Waals surface area contributed by atoms with Crippen molar-refractivity contribution in [2.75, 3.05) is 27.8 Å². The van der Waals surface area contributed by atoms with Crippen LogP contribution in [0.25, 0.3) is 0 Å². The molecule has 29 heavy (non-hydrogen) atoms. The Morgan fingerprint density at radius 2 is 1.66 bits per heavy atom. The van der Waals surface area contributed by atoms with Crippen molar-refractivity contribution in [1.82, 2.24) is 10.6 Å². The topological polar surface area (TPSA) is 64.1 Å². The highest BCUT2D eigenvalue weighted by Crippen LogP contribution is 2.29. The van der Waals surface area contributed by atoms with Gasteiger partial charge in [0.05, 0.1) is 14.2 Å². The molecule has 2 N–H and O–H groups in total. The van der Waals surface area contributed by atoms with Crippen LogP contribution >= 0.6 is 24.0 Å². The number of ether oxygens (including phenoxy) is 3. The fourth-order valence-corrected chi connectivity index (χ4v) is 2.54. The third kappa shape index (κ3) is 8.30. The van der Waals surface area contributed by atoms with Gasteiger partial charge in [-0.3, -0.25) is 4.99 Å². The molecule has 0 heterocycles. The standard InChI is InChI=1S/C20H25F2N3O3.HI/c1-23-20(25-13-15-4-7-16(26-2)8-5-15)24-11-10-14-6-9-17(27-3)18(12-14)28-19(21)22;/h4-9,12,19H,10-11,13H2,1-3H3,(H2,23,24,25);1H. The lowest BCUT2D eigenvalue weighted by Gasteiger charge is -2.14. The first-order valence-corrected chi connectivity index (χ1v) is 8.75. The Kier molecular flexibility index (Phi) is 11.1. The van der Waals surface area contributed by atoms with Gasteiger partial charge in [0.25, 0.3) is 0 Å². The van der Waals surface area contributed by atoms with E-state index in [9.17, 15) is 8.78 Å². The first kappa shape index (κ1) is 24.7. The summed E-state index contributed by atoms with van der Waals surface area (Å²) in [6.45, 7) is -1.72. The third-order valence-electron chi connectivity index (χ3n) is 3.99. The fourth-order valence-electron chi connectivity index (χ4n) is 2.54. The van der Waals surface area contributed by atoms with E-state index >= 15 is 0 Å². The van der Waals surface area contributed by atoms with Gasteiger partial charge in [0.15, 0.2) is 17.5 Å². The molecule has 0 aliphatic carbocycles. The highest BCUT2D eigenvalue weighted by Gasteiger charge is 2.11. The summed E-state index contributed by atoms with van der Waals surface area (Å²) in [6.07, 6.45) is 0.604. The molecule has 0 atom stereocenters. The minimum atomic E-state index is -2.90. The zero-order chi connectivity index (χ0) is 20.4. The van der Waals surface area contributed by atoms with Gasteiger partial charge in [0.2, 0.25) is 0 Å². The average Bonchev–Trinajstić information content (AvgIpc) is 2.70. The van der Waals surface area contributed by atoms with Crippen LogP contribution in [0.2, 0.25) is 0 Å². The van der Waals surface area contributed by atoms with Crippen LogP contribution in [0.3, 0.4) is 0 Å². The van der Waals surface area contributed by atoms with Crippen LogP contribution in [0.4, 0.5) is 8.78 Å². The van der Waals surface area contributed by atoms with Crippen LogP contribution in [0.15, 0.2) is 47.5 Å². The third-order valence-corrected chi connectivity index (χ3v) is 3.99. The summed E-state index contributed by atoms with van der Waals surface area (Å²) in [5.74, 6) is 1.75. The zero-order valence-electron chi connectivity index (χ0n) is 16.6. The maximum absolute atomic E-state index is 12.5. The van der Waals surface area contributed by atoms with Gasteiger partial charge in [0, 0.05) is 20.1 Å². The monoisotopic (exact) mass is 521 g/mol. The van der Waals surface area contributed by atoms with E-state index in [0.29, 0.717) is 25.5 Å². The first-order chi connectivity index (χ1) is 13.5. The van der Waals surface area contributed by atoms with E-state index in [0.717, 1.165) is 16.9 Å². The van der Waals surface area contributed by atoms with Crippen molar-refractivity contribution in [3.63, 3.8) is 0 Å². The molecule has 0 aliphatic rings. The summed E-state index contributed by atoms with van der Waals surface area (Å²) >= 11 is 0. The molecule has 0 saturated carbocycles. The molecule has 0 aliphatic heterocycles. The molecule has 0 fully saturated rings. The highest BCUT2D eigenvalue weighted by atomic mass is 127. The Labute approximate surface area is 186 Å². The van der Waals surface area contributed by atoms with E-state index in [4.69, 9.17) is 9.47 Å². The maximum Gasteiger partial charge on any atom is 0.387 e. The number of alkyl halides is 2. The molecule has 2 aromatic carbocycles. The second-order valence-electron chi connectivity index (χ2n) is 5.81. The molecule has 160 valence electrons. The molecule has 2 aromatic rings. The van der Waals surface area contributed by atoms with Crippen LogP contribution < -0.4 is 24.8 Å². The first-order valence-electron chi connectivity index (χ1n) is 8.75. The van der Waals surface area contributed by atoms with Crippen LogP contribution in [-0.2, 0) is 13.0 Å². The van der Waals surface area contributed by atoms with Crippen LogP contribution in [0, 0.1) is 0 Å². The smallest absolute Gasteiger partial charge is 0.387 e. The van der Waals surface area contributed by atoms with E-state index < -0.39 is 6.61 Å². The summed E-state index contributed by atoms with van der Waals surface area (Å²) in [4.78, 5) is 4.18. The van der Waals surface area contributed by atoms with Crippen molar-refractivity contribution in [2.24, 2.45) is 4.99 Å². The van der Waals surface area contributed by atoms with E-state index in [-0.39, 0.29) is 35.5 Å². The minimum Gasteiger partial charge on any atom is -0.497 e. The Morgan fingerprint density at radius 1 is 0.966 bits per heavy atom. The van der Waals surface area contributed by atoms with Crippen molar-refractivity contribution in [3.05, 3.63) is 53.6 Å². The number of guanidine groups is 1. The van der Waals surface area contributed by atoms with Gasteiger partial charge >= 0.3 is 6.61 Å². The van der Waals surface area contributed by atoms with E-state index in [1.54, 1.807) is 26.3 Å². The lowest BCUT2D eigenvalue weighted by atomic mass is 10.1. The summed E-state index contributed by atoms with van der Waals surface area (Å²) in [7, 11) is 4.73. The lowest BCUT2D eigenvalue weighted by Crippen LogP contribution is -2.37. The van der Waals surface area contributed by atoms with E-state index in [2.05, 4.69) is 20.4 Å². The molecule has 0 unspecified atom stereocenters. The van der Waals surface area contributed by atoms with Crippen molar-refractivity contribution in [1.29, 1.82) is 0 Å². The Balaban J connectivity index is 0.00000420. The van der Waals surface area contributed by atoms with E-state index in [1.165, 1.54) is 7.11 Å². The molecular formula is C20H26F2IN3O3. The van der Waals surface area contributed by atoms with Gasteiger partial charge in [-0.1, -0.05) is 18.2 Å². The zero-order valence-corrected chi connectivity index (χ0v) is 18.9. The summed E-state index contributed by atoms with van der Waals surface area (Å²) in [5.41, 5.74) is 1.93. The summed E-state index contributed by atoms with van der Waals surface area (Å²) < 4.78 is 39.7. The van der Waals surface area contributed by atoms with Crippen molar-refractivity contribution < 1.29 is 23.0 Å². The lowest BCUT2D eigenvalue weighted by molar-refractivity contribution is -0.0512. The van der Waals surface area contributed by atoms with Gasteiger partial charge in [-0.05, 0) is 41.8 Å². The predicted octanol–water partition coefficient (Wildman–Crippen LogP) is 3.83. The quantitative estimate of drug-likeness (QED) is 0.299. The SMILES string of the molecule is CN=C(NCCc1ccc(OC)c(OC(F)F)c1)NCc1ccc(OC)cc1.I. The van der Waals surface area contributed by atoms with E-state index in [1.807, 2.05) is 30.3 Å². The number of methoxy groups -OCH3 is 2. The fraction of sp³-hybridized carbons (Fsp3) is 0.350. The maximum atomic E-state index is 12.5. The molecule has 0 spiro atoms. The summed E-state index contributed by atoms with van der Waals surface area (Å²) in [6, 6.07) is 12.7. The Bertz CT molecular complexity index is 774. The molecular weight excluding hydrogens is 495 g/mol. The number of nitrogens with zero attached hydrogens (tertiary/aromatic N) is 1. The minimum absolute atomic E-state index is 0. The van der Waals surface area contributed by atoms with Crippen molar-refractivity contribution in [2.45, 2.75) is 19.6 Å². The van der Waals surface area contributed by atoms with Gasteiger partial charge < -0.3 is 24.8 Å². The van der Waals surface area contributed by atoms with Crippen LogP contribution in [-0.4, -0.2) is 40.4 Å². The number of aliphatic imine (C=N–C) groups is 1. The van der Waals surface area contributed by atoms with Gasteiger partial charge in [-0.15, -0.1) is 24.0 Å². The normalized spacial score (nSPS) is 10.9. The molecule has 0 saturated heterocycles. The predicted molar refractivity (Wildman–Crippen MR) is 120 cm³/mol. The largest absolute Gasteiger partial charge is 0.497 e. The van der Waals surface area contributed by atoms with Gasteiger partial charge in [-0.25, -0.2) is 0 Å². The number of rotatable bonds is 9. The average molecular weight is 521 g/mol. The molecule has 0 amide bonds.